The molecule has 4 rings (SSSR count). The first kappa shape index (κ1) is 18.6. The number of likely N-dealkylation sites (tertiary alicyclic amines) is 1. The van der Waals surface area contributed by atoms with Gasteiger partial charge in [-0.15, -0.1) is 0 Å². The average molecular weight is 389 g/mol. The summed E-state index contributed by atoms with van der Waals surface area (Å²) in [7, 11) is 0. The van der Waals surface area contributed by atoms with E-state index in [4.69, 9.17) is 4.74 Å². The van der Waals surface area contributed by atoms with Gasteiger partial charge in [-0.25, -0.2) is 0 Å². The number of carbonyl (C=O) groups is 1. The fourth-order valence-corrected chi connectivity index (χ4v) is 5.14. The highest BCUT2D eigenvalue weighted by molar-refractivity contribution is 7.06. The molecule has 2 fully saturated rings. The van der Waals surface area contributed by atoms with Crippen LogP contribution in [0.3, 0.4) is 0 Å². The zero-order valence-corrected chi connectivity index (χ0v) is 17.6. The van der Waals surface area contributed by atoms with Crippen LogP contribution in [0.2, 0.25) is 0 Å². The summed E-state index contributed by atoms with van der Waals surface area (Å²) in [6.07, 6.45) is 6.04. The minimum Gasteiger partial charge on any atom is -0.381 e. The van der Waals surface area contributed by atoms with Gasteiger partial charge in [0.15, 0.2) is 0 Å². The monoisotopic (exact) mass is 388 g/mol. The number of nitrogens with zero attached hydrogens (tertiary/aromatic N) is 4. The molecule has 2 saturated heterocycles. The van der Waals surface area contributed by atoms with E-state index in [1.807, 2.05) is 29.6 Å². The number of aromatic nitrogens is 3. The Bertz CT molecular complexity index is 838. The number of hydrogen-bond acceptors (Lipinski definition) is 5. The van der Waals surface area contributed by atoms with E-state index in [1.54, 1.807) is 0 Å². The van der Waals surface area contributed by atoms with E-state index < -0.39 is 0 Å². The molecule has 0 aromatic carbocycles. The van der Waals surface area contributed by atoms with Crippen molar-refractivity contribution < 1.29 is 9.53 Å². The van der Waals surface area contributed by atoms with Crippen LogP contribution in [0.4, 0.5) is 0 Å². The summed E-state index contributed by atoms with van der Waals surface area (Å²) in [6.45, 7) is 12.6. The van der Waals surface area contributed by atoms with Crippen molar-refractivity contribution in [3.8, 4) is 0 Å². The van der Waals surface area contributed by atoms with Crippen LogP contribution < -0.4 is 0 Å². The zero-order valence-electron chi connectivity index (χ0n) is 16.8. The Labute approximate surface area is 164 Å². The Morgan fingerprint density at radius 3 is 2.56 bits per heavy atom. The van der Waals surface area contributed by atoms with Gasteiger partial charge >= 0.3 is 0 Å². The minimum absolute atomic E-state index is 0.0590. The maximum Gasteiger partial charge on any atom is 0.257 e. The molecule has 2 aromatic rings. The Kier molecular flexibility index (Phi) is 4.42. The molecular weight excluding hydrogens is 360 g/mol. The molecule has 0 saturated carbocycles. The molecule has 1 unspecified atom stereocenters. The topological polar surface area (TPSA) is 60.3 Å². The summed E-state index contributed by atoms with van der Waals surface area (Å²) in [6, 6.07) is 0.0590. The predicted molar refractivity (Wildman–Crippen MR) is 105 cm³/mol. The third-order valence-corrected chi connectivity index (χ3v) is 6.82. The average Bonchev–Trinajstić information content (AvgIpc) is 3.20. The lowest BCUT2D eigenvalue weighted by atomic mass is 9.64. The lowest BCUT2D eigenvalue weighted by Crippen LogP contribution is -2.62. The van der Waals surface area contributed by atoms with Crippen LogP contribution in [-0.4, -0.2) is 44.7 Å². The summed E-state index contributed by atoms with van der Waals surface area (Å²) in [5.74, 6) is 0.101. The molecule has 7 heteroatoms. The van der Waals surface area contributed by atoms with Gasteiger partial charge in [0.2, 0.25) is 0 Å². The molecule has 1 atom stereocenters. The molecule has 146 valence electrons. The van der Waals surface area contributed by atoms with Gasteiger partial charge in [0.05, 0.1) is 29.0 Å². The summed E-state index contributed by atoms with van der Waals surface area (Å²) in [5, 5.41) is 4.60. The molecule has 0 aliphatic carbocycles. The number of rotatable bonds is 2. The SMILES string of the molecule is Cc1nsc(C)c1C(=O)N1CC2(CCOCC2)C1c1cnn(C(C)(C)C)c1. The van der Waals surface area contributed by atoms with Crippen molar-refractivity contribution >= 4 is 17.4 Å². The standard InChI is InChI=1S/C20H28N4O2S/c1-13-16(14(2)27-22-13)18(25)23-12-20(6-8-26-9-7-20)17(23)15-10-21-24(11-15)19(3,4)5/h10-11,17H,6-9,12H2,1-5H3. The molecule has 6 nitrogen and oxygen atoms in total. The molecule has 2 aliphatic rings. The fraction of sp³-hybridized carbons (Fsp3) is 0.650. The normalized spacial score (nSPS) is 22.1. The van der Waals surface area contributed by atoms with Crippen molar-refractivity contribution in [3.05, 3.63) is 34.1 Å². The lowest BCUT2D eigenvalue weighted by Gasteiger charge is -2.59. The van der Waals surface area contributed by atoms with Crippen molar-refractivity contribution in [2.75, 3.05) is 19.8 Å². The van der Waals surface area contributed by atoms with Gasteiger partial charge in [0, 0.05) is 41.8 Å². The number of hydrogen-bond donors (Lipinski definition) is 0. The van der Waals surface area contributed by atoms with E-state index in [9.17, 15) is 4.79 Å². The fourth-order valence-electron chi connectivity index (χ4n) is 4.44. The summed E-state index contributed by atoms with van der Waals surface area (Å²) >= 11 is 1.41. The van der Waals surface area contributed by atoms with Gasteiger partial charge in [-0.3, -0.25) is 9.48 Å². The third-order valence-electron chi connectivity index (χ3n) is 5.98. The van der Waals surface area contributed by atoms with E-state index in [2.05, 4.69) is 36.4 Å². The molecule has 1 amide bonds. The highest BCUT2D eigenvalue weighted by atomic mass is 32.1. The summed E-state index contributed by atoms with van der Waals surface area (Å²) < 4.78 is 12.0. The molecule has 2 aliphatic heterocycles. The van der Waals surface area contributed by atoms with Gasteiger partial charge in [-0.1, -0.05) is 0 Å². The predicted octanol–water partition coefficient (Wildman–Crippen LogP) is 3.71. The Morgan fingerprint density at radius 1 is 1.30 bits per heavy atom. The maximum atomic E-state index is 13.4. The van der Waals surface area contributed by atoms with Crippen molar-refractivity contribution in [2.45, 2.75) is 59.0 Å². The first-order valence-corrected chi connectivity index (χ1v) is 10.4. The van der Waals surface area contributed by atoms with Crippen LogP contribution >= 0.6 is 11.5 Å². The minimum atomic E-state index is -0.0792. The van der Waals surface area contributed by atoms with Crippen molar-refractivity contribution in [1.82, 2.24) is 19.1 Å². The van der Waals surface area contributed by atoms with Crippen LogP contribution in [0.25, 0.3) is 0 Å². The molecule has 0 bridgehead atoms. The van der Waals surface area contributed by atoms with Gasteiger partial charge in [-0.05, 0) is 59.0 Å². The molecule has 1 spiro atoms. The van der Waals surface area contributed by atoms with Crippen LogP contribution in [0.1, 0.15) is 66.1 Å². The largest absolute Gasteiger partial charge is 0.381 e. The second kappa shape index (κ2) is 6.41. The van der Waals surface area contributed by atoms with Gasteiger partial charge in [0.25, 0.3) is 5.91 Å². The smallest absolute Gasteiger partial charge is 0.257 e. The van der Waals surface area contributed by atoms with Gasteiger partial charge in [0.1, 0.15) is 0 Å². The first-order valence-electron chi connectivity index (χ1n) is 9.60. The summed E-state index contributed by atoms with van der Waals surface area (Å²) in [5.41, 5.74) is 2.76. The molecular formula is C20H28N4O2S. The van der Waals surface area contributed by atoms with E-state index in [0.717, 1.165) is 54.3 Å². The molecule has 0 radical (unpaired) electrons. The van der Waals surface area contributed by atoms with E-state index in [-0.39, 0.29) is 22.9 Å². The second-order valence-electron chi connectivity index (χ2n) is 8.90. The second-order valence-corrected chi connectivity index (χ2v) is 9.88. The van der Waals surface area contributed by atoms with E-state index in [1.165, 1.54) is 11.5 Å². The molecule has 27 heavy (non-hydrogen) atoms. The molecule has 2 aromatic heterocycles. The van der Waals surface area contributed by atoms with Crippen LogP contribution in [-0.2, 0) is 10.3 Å². The number of aryl methyl sites for hydroxylation is 2. The third kappa shape index (κ3) is 3.01. The van der Waals surface area contributed by atoms with Crippen molar-refractivity contribution in [1.29, 1.82) is 0 Å². The maximum absolute atomic E-state index is 13.4. The Morgan fingerprint density at radius 2 is 2.00 bits per heavy atom. The highest BCUT2D eigenvalue weighted by Gasteiger charge is 2.56. The van der Waals surface area contributed by atoms with Gasteiger partial charge in [-0.2, -0.15) is 9.47 Å². The zero-order chi connectivity index (χ0) is 19.4. The number of ether oxygens (including phenoxy) is 1. The number of carbonyl (C=O) groups excluding carboxylic acids is 1. The highest BCUT2D eigenvalue weighted by Crippen LogP contribution is 2.55. The van der Waals surface area contributed by atoms with Crippen molar-refractivity contribution in [2.24, 2.45) is 5.41 Å². The quantitative estimate of drug-likeness (QED) is 0.787. The van der Waals surface area contributed by atoms with Crippen LogP contribution in [0, 0.1) is 19.3 Å². The van der Waals surface area contributed by atoms with Gasteiger partial charge < -0.3 is 9.64 Å². The van der Waals surface area contributed by atoms with E-state index in [0.29, 0.717) is 0 Å². The summed E-state index contributed by atoms with van der Waals surface area (Å²) in [4.78, 5) is 16.4. The van der Waals surface area contributed by atoms with Crippen LogP contribution in [0.15, 0.2) is 12.4 Å². The number of amides is 1. The molecule has 0 N–H and O–H groups in total. The Balaban J connectivity index is 1.70. The van der Waals surface area contributed by atoms with Crippen molar-refractivity contribution in [3.63, 3.8) is 0 Å². The first-order chi connectivity index (χ1) is 12.7. The lowest BCUT2D eigenvalue weighted by molar-refractivity contribution is -0.115. The molecule has 4 heterocycles. The van der Waals surface area contributed by atoms with E-state index >= 15 is 0 Å². The Hall–Kier alpha value is -1.73. The van der Waals surface area contributed by atoms with Crippen LogP contribution in [0.5, 0.6) is 0 Å².